The molecule has 11 aromatic carbocycles. The van der Waals surface area contributed by atoms with Crippen LogP contribution in [-0.4, -0.2) is 9.13 Å². The fraction of sp³-hybridized carbons (Fsp3) is 0.114. The fourth-order valence-corrected chi connectivity index (χ4v) is 11.7. The number of unbranched alkanes of at least 4 members (excludes halogenated alkanes) is 2. The molecule has 0 radical (unpaired) electrons. The van der Waals surface area contributed by atoms with Crippen LogP contribution in [-0.2, 0) is 13.1 Å². The van der Waals surface area contributed by atoms with Gasteiger partial charge in [-0.15, -0.1) is 0 Å². The quantitative estimate of drug-likeness (QED) is 0.108. The van der Waals surface area contributed by atoms with Gasteiger partial charge in [0.25, 0.3) is 0 Å². The molecule has 72 heavy (non-hydrogen) atoms. The van der Waals surface area contributed by atoms with E-state index in [2.05, 4.69) is 254 Å². The highest BCUT2D eigenvalue weighted by Crippen LogP contribution is 2.45. The first-order chi connectivity index (χ1) is 35.6. The third-order valence-corrected chi connectivity index (χ3v) is 15.4. The van der Waals surface area contributed by atoms with Crippen molar-refractivity contribution < 1.29 is 0 Å². The van der Waals surface area contributed by atoms with E-state index in [1.54, 1.807) is 0 Å². The predicted molar refractivity (Wildman–Crippen MR) is 310 cm³/mol. The van der Waals surface area contributed by atoms with Crippen LogP contribution in [0, 0.1) is 0 Å². The summed E-state index contributed by atoms with van der Waals surface area (Å²) in [6, 6.07) is 86.2. The van der Waals surface area contributed by atoms with E-state index in [0.29, 0.717) is 0 Å². The van der Waals surface area contributed by atoms with E-state index >= 15 is 0 Å². The average molecular weight is 925 g/mol. The van der Waals surface area contributed by atoms with E-state index < -0.39 is 0 Å². The molecule has 0 fully saturated rings. The van der Waals surface area contributed by atoms with Crippen molar-refractivity contribution in [3.8, 4) is 66.8 Å². The third-order valence-electron chi connectivity index (χ3n) is 15.4. The molecule has 0 aliphatic heterocycles. The predicted octanol–water partition coefficient (Wildman–Crippen LogP) is 19.8. The molecule has 0 saturated carbocycles. The molecule has 2 heteroatoms. The van der Waals surface area contributed by atoms with Gasteiger partial charge in [-0.3, -0.25) is 0 Å². The molecule has 13 rings (SSSR count). The molecule has 2 heterocycles. The standard InChI is InChI=1S/C70H56N2/c1-3-5-43-71-65-21-13-11-15-57(65)63-45-55(39-41-67(63)71)51-27-23-47(24-28-51)49-31-35-53(36-32-49)69-59-17-7-9-19-61(59)70(62-20-10-8-18-60(62)69)54-37-33-50(34-38-54)48-25-29-52(30-26-48)56-40-42-68-64(46-56)58-16-12-14-22-66(58)72(68)44-6-4-2/h7-42,45-46H,3-6,43-44H2,1-2H3. The molecule has 0 amide bonds. The number of aryl methyl sites for hydroxylation is 2. The lowest BCUT2D eigenvalue weighted by Crippen LogP contribution is -1.96. The van der Waals surface area contributed by atoms with Crippen molar-refractivity contribution in [2.24, 2.45) is 0 Å². The number of hydrogen-bond donors (Lipinski definition) is 0. The molecular weight excluding hydrogens is 869 g/mol. The number of benzene rings is 11. The molecule has 0 aliphatic carbocycles. The van der Waals surface area contributed by atoms with Gasteiger partial charge in [0.2, 0.25) is 0 Å². The molecule has 0 N–H and O–H groups in total. The minimum Gasteiger partial charge on any atom is -0.340 e. The number of hydrogen-bond acceptors (Lipinski definition) is 0. The van der Waals surface area contributed by atoms with Gasteiger partial charge >= 0.3 is 0 Å². The van der Waals surface area contributed by atoms with Crippen LogP contribution < -0.4 is 0 Å². The Kier molecular flexibility index (Phi) is 11.1. The number of fused-ring (bicyclic) bond motifs is 8. The molecule has 0 bridgehead atoms. The van der Waals surface area contributed by atoms with Crippen LogP contribution in [0.1, 0.15) is 39.5 Å². The van der Waals surface area contributed by atoms with Gasteiger partial charge in [-0.05, 0) is 138 Å². The summed E-state index contributed by atoms with van der Waals surface area (Å²) in [5, 5.41) is 10.4. The van der Waals surface area contributed by atoms with Crippen molar-refractivity contribution in [1.82, 2.24) is 9.13 Å². The van der Waals surface area contributed by atoms with Crippen molar-refractivity contribution in [2.75, 3.05) is 0 Å². The second kappa shape index (κ2) is 18.4. The summed E-state index contributed by atoms with van der Waals surface area (Å²) in [4.78, 5) is 0. The van der Waals surface area contributed by atoms with Gasteiger partial charge in [-0.1, -0.05) is 221 Å². The highest BCUT2D eigenvalue weighted by molar-refractivity contribution is 6.21. The van der Waals surface area contributed by atoms with Gasteiger partial charge in [-0.25, -0.2) is 0 Å². The van der Waals surface area contributed by atoms with Crippen LogP contribution in [0.15, 0.2) is 231 Å². The maximum absolute atomic E-state index is 2.50. The minimum absolute atomic E-state index is 1.05. The molecule has 13 aromatic rings. The number of nitrogens with zero attached hydrogens (tertiary/aromatic N) is 2. The zero-order valence-electron chi connectivity index (χ0n) is 41.1. The molecular formula is C70H56N2. The van der Waals surface area contributed by atoms with E-state index in [0.717, 1.165) is 13.1 Å². The summed E-state index contributed by atoms with van der Waals surface area (Å²) in [7, 11) is 0. The lowest BCUT2D eigenvalue weighted by Gasteiger charge is -2.18. The number of rotatable bonds is 12. The largest absolute Gasteiger partial charge is 0.340 e. The summed E-state index contributed by atoms with van der Waals surface area (Å²) in [6.45, 7) is 6.62. The van der Waals surface area contributed by atoms with E-state index in [1.165, 1.54) is 158 Å². The first-order valence-corrected chi connectivity index (χ1v) is 26.0. The van der Waals surface area contributed by atoms with E-state index in [-0.39, 0.29) is 0 Å². The van der Waals surface area contributed by atoms with E-state index in [1.807, 2.05) is 0 Å². The molecule has 0 atom stereocenters. The Morgan fingerprint density at radius 2 is 0.486 bits per heavy atom. The normalized spacial score (nSPS) is 11.8. The summed E-state index contributed by atoms with van der Waals surface area (Å²) in [6.07, 6.45) is 4.72. The smallest absolute Gasteiger partial charge is 0.0491 e. The lowest BCUT2D eigenvalue weighted by atomic mass is 9.85. The Hall–Kier alpha value is -8.46. The maximum atomic E-state index is 2.50. The second-order valence-electron chi connectivity index (χ2n) is 19.7. The van der Waals surface area contributed by atoms with Crippen LogP contribution in [0.5, 0.6) is 0 Å². The van der Waals surface area contributed by atoms with Crippen LogP contribution in [0.4, 0.5) is 0 Å². The van der Waals surface area contributed by atoms with E-state index in [9.17, 15) is 0 Å². The summed E-state index contributed by atoms with van der Waals surface area (Å²) in [5.41, 5.74) is 20.1. The Morgan fingerprint density at radius 3 is 0.806 bits per heavy atom. The second-order valence-corrected chi connectivity index (χ2v) is 19.7. The van der Waals surface area contributed by atoms with Gasteiger partial charge in [0.05, 0.1) is 0 Å². The highest BCUT2D eigenvalue weighted by Gasteiger charge is 2.18. The van der Waals surface area contributed by atoms with E-state index in [4.69, 9.17) is 0 Å². The minimum atomic E-state index is 1.05. The Labute approximate surface area is 422 Å². The molecule has 346 valence electrons. The molecule has 0 unspecified atom stereocenters. The van der Waals surface area contributed by atoms with Gasteiger partial charge < -0.3 is 9.13 Å². The summed E-state index contributed by atoms with van der Waals surface area (Å²) < 4.78 is 5.00. The fourth-order valence-electron chi connectivity index (χ4n) is 11.7. The zero-order valence-corrected chi connectivity index (χ0v) is 41.1. The highest BCUT2D eigenvalue weighted by atomic mass is 15.0. The van der Waals surface area contributed by atoms with Crippen molar-refractivity contribution >= 4 is 65.2 Å². The summed E-state index contributed by atoms with van der Waals surface area (Å²) in [5.74, 6) is 0. The van der Waals surface area contributed by atoms with Crippen molar-refractivity contribution in [3.05, 3.63) is 231 Å². The van der Waals surface area contributed by atoms with Crippen molar-refractivity contribution in [2.45, 2.75) is 52.6 Å². The Morgan fingerprint density at radius 1 is 0.236 bits per heavy atom. The van der Waals surface area contributed by atoms with Gasteiger partial charge in [-0.2, -0.15) is 0 Å². The third kappa shape index (κ3) is 7.49. The lowest BCUT2D eigenvalue weighted by molar-refractivity contribution is 0.665. The molecule has 0 spiro atoms. The van der Waals surface area contributed by atoms with Crippen LogP contribution in [0.3, 0.4) is 0 Å². The number of aromatic nitrogens is 2. The van der Waals surface area contributed by atoms with Gasteiger partial charge in [0.15, 0.2) is 0 Å². The monoisotopic (exact) mass is 924 g/mol. The van der Waals surface area contributed by atoms with Crippen molar-refractivity contribution in [1.29, 1.82) is 0 Å². The summed E-state index contributed by atoms with van der Waals surface area (Å²) >= 11 is 0. The molecule has 2 aromatic heterocycles. The number of para-hydroxylation sites is 2. The molecule has 2 nitrogen and oxygen atoms in total. The zero-order chi connectivity index (χ0) is 48.1. The first-order valence-electron chi connectivity index (χ1n) is 26.0. The topological polar surface area (TPSA) is 9.86 Å². The molecule has 0 saturated heterocycles. The van der Waals surface area contributed by atoms with Crippen molar-refractivity contribution in [3.63, 3.8) is 0 Å². The Bertz CT molecular complexity index is 3800. The SMILES string of the molecule is CCCCn1c2ccccc2c2cc(-c3ccc(-c4ccc(-c5c6ccccc6c(-c6ccc(-c7ccc(-c8ccc9c(c8)c8ccccc8n9CCCC)cc7)cc6)c6ccccc56)cc4)cc3)ccc21. The first kappa shape index (κ1) is 43.6. The van der Waals surface area contributed by atoms with Crippen LogP contribution in [0.2, 0.25) is 0 Å². The van der Waals surface area contributed by atoms with Crippen LogP contribution >= 0.6 is 0 Å². The van der Waals surface area contributed by atoms with Gasteiger partial charge in [0.1, 0.15) is 0 Å². The molecule has 0 aliphatic rings. The van der Waals surface area contributed by atoms with Crippen LogP contribution in [0.25, 0.3) is 132 Å². The average Bonchev–Trinajstić information content (AvgIpc) is 3.94. The van der Waals surface area contributed by atoms with Gasteiger partial charge in [0, 0.05) is 56.7 Å². The Balaban J connectivity index is 0.783. The maximum Gasteiger partial charge on any atom is 0.0491 e.